The first-order valence-electron chi connectivity index (χ1n) is 12.4. The Morgan fingerprint density at radius 2 is 1.54 bits per heavy atom. The van der Waals surface area contributed by atoms with E-state index in [1.807, 2.05) is 66.1 Å². The van der Waals surface area contributed by atoms with Crippen molar-refractivity contribution in [3.8, 4) is 5.69 Å². The molecule has 3 aromatic carbocycles. The Bertz CT molecular complexity index is 1510. The van der Waals surface area contributed by atoms with Crippen LogP contribution < -0.4 is 15.4 Å². The van der Waals surface area contributed by atoms with E-state index in [2.05, 4.69) is 25.6 Å². The number of hydrogen-bond donors (Lipinski definition) is 3. The number of benzene rings is 3. The molecule has 39 heavy (non-hydrogen) atoms. The number of thioether (sulfide) groups is 1. The van der Waals surface area contributed by atoms with Gasteiger partial charge < -0.3 is 10.6 Å². The number of rotatable bonds is 10. The second kappa shape index (κ2) is 12.0. The highest BCUT2D eigenvalue weighted by Gasteiger charge is 2.22. The number of sulfonamides is 1. The maximum atomic E-state index is 12.7. The van der Waals surface area contributed by atoms with E-state index in [-0.39, 0.29) is 16.6 Å². The number of anilines is 2. The molecule has 0 aliphatic rings. The number of hydrogen-bond acceptors (Lipinski definition) is 7. The van der Waals surface area contributed by atoms with Crippen molar-refractivity contribution in [2.45, 2.75) is 49.8 Å². The van der Waals surface area contributed by atoms with E-state index in [1.54, 1.807) is 32.9 Å². The van der Waals surface area contributed by atoms with Crippen LogP contribution in [0.5, 0.6) is 0 Å². The Morgan fingerprint density at radius 3 is 2.18 bits per heavy atom. The van der Waals surface area contributed by atoms with E-state index in [0.29, 0.717) is 23.2 Å². The molecule has 0 aliphatic heterocycles. The summed E-state index contributed by atoms with van der Waals surface area (Å²) in [5.41, 5.74) is 2.96. The Kier molecular flexibility index (Phi) is 8.73. The number of para-hydroxylation sites is 1. The molecule has 0 aliphatic carbocycles. The standard InChI is InChI=1S/C28H32N6O3S2/c1-20-10-12-21(13-11-20)29-18-25-31-32-27(34(25)23-8-6-5-7-9-23)38-19-26(35)30-22-14-16-24(17-15-22)39(36,37)33-28(2,3)4/h5-17,29,33H,18-19H2,1-4H3,(H,30,35). The number of nitrogens with zero attached hydrogens (tertiary/aromatic N) is 3. The maximum Gasteiger partial charge on any atom is 0.241 e. The van der Waals surface area contributed by atoms with Gasteiger partial charge in [-0.05, 0) is 76.2 Å². The van der Waals surface area contributed by atoms with Crippen LogP contribution in [0, 0.1) is 6.92 Å². The summed E-state index contributed by atoms with van der Waals surface area (Å²) >= 11 is 1.27. The molecule has 0 atom stereocenters. The summed E-state index contributed by atoms with van der Waals surface area (Å²) < 4.78 is 29.6. The lowest BCUT2D eigenvalue weighted by atomic mass is 10.1. The van der Waals surface area contributed by atoms with Crippen molar-refractivity contribution in [1.29, 1.82) is 0 Å². The molecule has 0 fully saturated rings. The largest absolute Gasteiger partial charge is 0.378 e. The summed E-state index contributed by atoms with van der Waals surface area (Å²) in [5, 5.41) is 15.5. The highest BCUT2D eigenvalue weighted by molar-refractivity contribution is 7.99. The molecular formula is C28H32N6O3S2. The van der Waals surface area contributed by atoms with Crippen molar-refractivity contribution in [2.75, 3.05) is 16.4 Å². The van der Waals surface area contributed by atoms with Crippen molar-refractivity contribution in [3.05, 3.63) is 90.3 Å². The SMILES string of the molecule is Cc1ccc(NCc2nnc(SCC(=O)Nc3ccc(S(=O)(=O)NC(C)(C)C)cc3)n2-c2ccccc2)cc1. The molecule has 11 heteroatoms. The Morgan fingerprint density at radius 1 is 0.897 bits per heavy atom. The molecule has 1 heterocycles. The van der Waals surface area contributed by atoms with Gasteiger partial charge in [0.1, 0.15) is 0 Å². The van der Waals surface area contributed by atoms with Crippen LogP contribution in [-0.4, -0.2) is 40.4 Å². The Balaban J connectivity index is 1.42. The third-order valence-electron chi connectivity index (χ3n) is 5.44. The van der Waals surface area contributed by atoms with Crippen molar-refractivity contribution in [2.24, 2.45) is 0 Å². The van der Waals surface area contributed by atoms with Crippen molar-refractivity contribution in [1.82, 2.24) is 19.5 Å². The fraction of sp³-hybridized carbons (Fsp3) is 0.250. The van der Waals surface area contributed by atoms with E-state index in [1.165, 1.54) is 29.5 Å². The van der Waals surface area contributed by atoms with Crippen LogP contribution >= 0.6 is 11.8 Å². The van der Waals surface area contributed by atoms with Gasteiger partial charge >= 0.3 is 0 Å². The lowest BCUT2D eigenvalue weighted by molar-refractivity contribution is -0.113. The van der Waals surface area contributed by atoms with Crippen LogP contribution in [0.1, 0.15) is 32.2 Å². The van der Waals surface area contributed by atoms with Gasteiger partial charge in [-0.2, -0.15) is 0 Å². The van der Waals surface area contributed by atoms with Gasteiger partial charge in [0, 0.05) is 22.6 Å². The minimum atomic E-state index is -3.65. The molecule has 0 bridgehead atoms. The third-order valence-corrected chi connectivity index (χ3v) is 8.14. The van der Waals surface area contributed by atoms with Crippen LogP contribution in [0.4, 0.5) is 11.4 Å². The molecule has 0 spiro atoms. The summed E-state index contributed by atoms with van der Waals surface area (Å²) in [5.74, 6) is 0.567. The number of aromatic nitrogens is 3. The lowest BCUT2D eigenvalue weighted by Crippen LogP contribution is -2.40. The number of carbonyl (C=O) groups excluding carboxylic acids is 1. The molecule has 9 nitrogen and oxygen atoms in total. The topological polar surface area (TPSA) is 118 Å². The summed E-state index contributed by atoms with van der Waals surface area (Å²) in [6.07, 6.45) is 0. The molecule has 0 saturated carbocycles. The van der Waals surface area contributed by atoms with Crippen molar-refractivity contribution >= 4 is 39.1 Å². The summed E-state index contributed by atoms with van der Waals surface area (Å²) in [7, 11) is -3.65. The Labute approximate surface area is 233 Å². The molecule has 1 aromatic heterocycles. The zero-order chi connectivity index (χ0) is 28.0. The first-order chi connectivity index (χ1) is 18.5. The molecule has 4 aromatic rings. The quantitative estimate of drug-likeness (QED) is 0.232. The monoisotopic (exact) mass is 564 g/mol. The smallest absolute Gasteiger partial charge is 0.241 e. The average Bonchev–Trinajstić information content (AvgIpc) is 3.29. The first kappa shape index (κ1) is 28.3. The van der Waals surface area contributed by atoms with Crippen LogP contribution in [0.15, 0.2) is 88.9 Å². The second-order valence-corrected chi connectivity index (χ2v) is 12.6. The van der Waals surface area contributed by atoms with Crippen LogP contribution in [0.2, 0.25) is 0 Å². The normalized spacial score (nSPS) is 11.8. The van der Waals surface area contributed by atoms with Gasteiger partial charge in [-0.1, -0.05) is 47.7 Å². The lowest BCUT2D eigenvalue weighted by Gasteiger charge is -2.20. The molecule has 4 rings (SSSR count). The fourth-order valence-electron chi connectivity index (χ4n) is 3.70. The van der Waals surface area contributed by atoms with Gasteiger partial charge in [-0.15, -0.1) is 10.2 Å². The van der Waals surface area contributed by atoms with Gasteiger partial charge in [0.2, 0.25) is 15.9 Å². The van der Waals surface area contributed by atoms with Crippen molar-refractivity contribution in [3.63, 3.8) is 0 Å². The molecule has 3 N–H and O–H groups in total. The van der Waals surface area contributed by atoms with E-state index < -0.39 is 15.6 Å². The minimum absolute atomic E-state index is 0.0992. The van der Waals surface area contributed by atoms with E-state index >= 15 is 0 Å². The number of nitrogens with one attached hydrogen (secondary N) is 3. The fourth-order valence-corrected chi connectivity index (χ4v) is 5.89. The van der Waals surface area contributed by atoms with Gasteiger partial charge in [-0.25, -0.2) is 13.1 Å². The molecule has 0 saturated heterocycles. The third kappa shape index (κ3) is 7.92. The van der Waals surface area contributed by atoms with Crippen LogP contribution in [-0.2, 0) is 21.4 Å². The highest BCUT2D eigenvalue weighted by Crippen LogP contribution is 2.23. The second-order valence-electron chi connectivity index (χ2n) is 10.0. The average molecular weight is 565 g/mol. The van der Waals surface area contributed by atoms with Gasteiger partial charge in [0.15, 0.2) is 11.0 Å². The first-order valence-corrected chi connectivity index (χ1v) is 14.8. The van der Waals surface area contributed by atoms with E-state index in [4.69, 9.17) is 0 Å². The van der Waals surface area contributed by atoms with Gasteiger partial charge in [0.25, 0.3) is 0 Å². The molecular weight excluding hydrogens is 532 g/mol. The van der Waals surface area contributed by atoms with E-state index in [0.717, 1.165) is 11.4 Å². The molecule has 0 radical (unpaired) electrons. The van der Waals surface area contributed by atoms with Gasteiger partial charge in [-0.3, -0.25) is 9.36 Å². The summed E-state index contributed by atoms with van der Waals surface area (Å²) in [4.78, 5) is 12.8. The predicted octanol–water partition coefficient (Wildman–Crippen LogP) is 5.00. The zero-order valence-electron chi connectivity index (χ0n) is 22.3. The maximum absolute atomic E-state index is 12.7. The van der Waals surface area contributed by atoms with Crippen LogP contribution in [0.3, 0.4) is 0 Å². The number of amides is 1. The number of carbonyl (C=O) groups is 1. The zero-order valence-corrected chi connectivity index (χ0v) is 23.9. The van der Waals surface area contributed by atoms with E-state index in [9.17, 15) is 13.2 Å². The highest BCUT2D eigenvalue weighted by atomic mass is 32.2. The molecule has 1 amide bonds. The minimum Gasteiger partial charge on any atom is -0.378 e. The van der Waals surface area contributed by atoms with Crippen molar-refractivity contribution < 1.29 is 13.2 Å². The molecule has 0 unspecified atom stereocenters. The van der Waals surface area contributed by atoms with Crippen LogP contribution in [0.25, 0.3) is 5.69 Å². The molecule has 204 valence electrons. The van der Waals surface area contributed by atoms with Gasteiger partial charge in [0.05, 0.1) is 17.2 Å². The summed E-state index contributed by atoms with van der Waals surface area (Å²) in [6.45, 7) is 7.83. The predicted molar refractivity (Wildman–Crippen MR) is 156 cm³/mol. The number of aryl methyl sites for hydroxylation is 1. The Hall–Kier alpha value is -3.67. The summed E-state index contributed by atoms with van der Waals surface area (Å²) in [6, 6.07) is 23.9.